The second-order valence-corrected chi connectivity index (χ2v) is 4.08. The van der Waals surface area contributed by atoms with Crippen LogP contribution in [0, 0.1) is 0 Å². The smallest absolute Gasteiger partial charge is 0.252 e. The fraction of sp³-hybridized carbons (Fsp3) is 0.167. The molecule has 1 amide bonds. The number of aryl methyl sites for hydroxylation is 1. The molecule has 4 nitrogen and oxygen atoms in total. The normalized spacial score (nSPS) is 10.7. The number of carbonyl (C=O) groups is 1. The number of amides is 1. The van der Waals surface area contributed by atoms with Crippen molar-refractivity contribution in [2.75, 3.05) is 0 Å². The Bertz CT molecular complexity index is 661. The van der Waals surface area contributed by atoms with Crippen LogP contribution in [0.1, 0.15) is 17.3 Å². The average Bonchev–Trinajstić information content (AvgIpc) is 2.29. The Morgan fingerprint density at radius 3 is 2.71 bits per heavy atom. The number of hydrogen-bond acceptors (Lipinski definition) is 2. The lowest BCUT2D eigenvalue weighted by Crippen LogP contribution is -2.19. The Morgan fingerprint density at radius 2 is 2.12 bits per heavy atom. The Kier molecular flexibility index (Phi) is 2.90. The molecule has 1 heterocycles. The van der Waals surface area contributed by atoms with E-state index in [1.165, 1.54) is 6.07 Å². The van der Waals surface area contributed by atoms with Crippen molar-refractivity contribution in [2.24, 2.45) is 5.73 Å². The van der Waals surface area contributed by atoms with Crippen LogP contribution in [0.15, 0.2) is 29.1 Å². The molecule has 0 aliphatic heterocycles. The van der Waals surface area contributed by atoms with Gasteiger partial charge in [-0.05, 0) is 25.1 Å². The maximum atomic E-state index is 11.7. The number of nitrogens with two attached hydrogens (primary N) is 1. The fourth-order valence-electron chi connectivity index (χ4n) is 1.82. The third-order valence-corrected chi connectivity index (χ3v) is 2.97. The van der Waals surface area contributed by atoms with Crippen molar-refractivity contribution in [3.8, 4) is 0 Å². The third-order valence-electron chi connectivity index (χ3n) is 2.66. The molecule has 0 bridgehead atoms. The molecule has 2 aromatic rings. The zero-order valence-electron chi connectivity index (χ0n) is 9.24. The summed E-state index contributed by atoms with van der Waals surface area (Å²) in [4.78, 5) is 22.8. The highest BCUT2D eigenvalue weighted by Crippen LogP contribution is 2.22. The lowest BCUT2D eigenvalue weighted by Gasteiger charge is -2.09. The summed E-state index contributed by atoms with van der Waals surface area (Å²) in [6, 6.07) is 6.22. The molecule has 17 heavy (non-hydrogen) atoms. The van der Waals surface area contributed by atoms with E-state index in [0.717, 1.165) is 0 Å². The molecule has 2 rings (SSSR count). The lowest BCUT2D eigenvalue weighted by molar-refractivity contribution is 0.100. The van der Waals surface area contributed by atoms with Gasteiger partial charge in [-0.2, -0.15) is 0 Å². The number of rotatable bonds is 2. The average molecular weight is 251 g/mol. The van der Waals surface area contributed by atoms with Gasteiger partial charge in [0, 0.05) is 23.6 Å². The minimum atomic E-state index is -0.516. The fourth-order valence-corrected chi connectivity index (χ4v) is 2.07. The van der Waals surface area contributed by atoms with Gasteiger partial charge in [0.25, 0.3) is 5.56 Å². The molecule has 0 aliphatic rings. The minimum absolute atomic E-state index is 0.156. The van der Waals surface area contributed by atoms with E-state index in [1.807, 2.05) is 6.92 Å². The first kappa shape index (κ1) is 11.7. The van der Waals surface area contributed by atoms with Crippen molar-refractivity contribution in [1.82, 2.24) is 4.57 Å². The summed E-state index contributed by atoms with van der Waals surface area (Å²) in [7, 11) is 0. The van der Waals surface area contributed by atoms with Crippen molar-refractivity contribution < 1.29 is 4.79 Å². The summed E-state index contributed by atoms with van der Waals surface area (Å²) >= 11 is 6.00. The Balaban J connectivity index is 2.88. The van der Waals surface area contributed by atoms with Gasteiger partial charge in [-0.1, -0.05) is 11.6 Å². The van der Waals surface area contributed by atoms with E-state index in [4.69, 9.17) is 17.3 Å². The zero-order valence-corrected chi connectivity index (χ0v) is 9.99. The number of carbonyl (C=O) groups excluding carboxylic acids is 1. The summed E-state index contributed by atoms with van der Waals surface area (Å²) in [6.45, 7) is 2.42. The second-order valence-electron chi connectivity index (χ2n) is 3.67. The Morgan fingerprint density at radius 1 is 1.41 bits per heavy atom. The highest BCUT2D eigenvalue weighted by Gasteiger charge is 2.09. The van der Waals surface area contributed by atoms with Gasteiger partial charge in [0.15, 0.2) is 0 Å². The molecule has 88 valence electrons. The predicted octanol–water partition coefficient (Wildman–Crippen LogP) is 1.77. The monoisotopic (exact) mass is 250 g/mol. The van der Waals surface area contributed by atoms with Crippen LogP contribution in [-0.2, 0) is 6.54 Å². The van der Waals surface area contributed by atoms with Crippen LogP contribution < -0.4 is 11.3 Å². The largest absolute Gasteiger partial charge is 0.366 e. The second kappa shape index (κ2) is 4.22. The van der Waals surface area contributed by atoms with Crippen LogP contribution in [0.3, 0.4) is 0 Å². The van der Waals surface area contributed by atoms with E-state index in [1.54, 1.807) is 22.8 Å². The Labute approximate surface area is 103 Å². The number of fused-ring (bicyclic) bond motifs is 1. The van der Waals surface area contributed by atoms with Crippen LogP contribution in [0.25, 0.3) is 10.9 Å². The van der Waals surface area contributed by atoms with Gasteiger partial charge >= 0.3 is 0 Å². The molecule has 0 aliphatic carbocycles. The van der Waals surface area contributed by atoms with Gasteiger partial charge in [0.2, 0.25) is 5.91 Å². The van der Waals surface area contributed by atoms with Gasteiger partial charge in [0.1, 0.15) is 0 Å². The molecule has 0 spiro atoms. The molecule has 2 N–H and O–H groups in total. The Hall–Kier alpha value is -1.81. The number of pyridine rings is 1. The van der Waals surface area contributed by atoms with Gasteiger partial charge < -0.3 is 10.3 Å². The first-order valence-electron chi connectivity index (χ1n) is 5.17. The third kappa shape index (κ3) is 1.91. The van der Waals surface area contributed by atoms with E-state index >= 15 is 0 Å². The molecule has 0 radical (unpaired) electrons. The SMILES string of the molecule is CCn1c(=O)cc(Cl)c2cc(C(N)=O)ccc21. The van der Waals surface area contributed by atoms with Crippen LogP contribution in [0.4, 0.5) is 0 Å². The van der Waals surface area contributed by atoms with E-state index in [-0.39, 0.29) is 5.56 Å². The van der Waals surface area contributed by atoms with Crippen LogP contribution in [0.2, 0.25) is 5.02 Å². The van der Waals surface area contributed by atoms with Gasteiger partial charge in [-0.15, -0.1) is 0 Å². The highest BCUT2D eigenvalue weighted by molar-refractivity contribution is 6.35. The number of nitrogens with zero attached hydrogens (tertiary/aromatic N) is 1. The van der Waals surface area contributed by atoms with Gasteiger partial charge in [-0.25, -0.2) is 0 Å². The van der Waals surface area contributed by atoms with E-state index in [0.29, 0.717) is 28.0 Å². The summed E-state index contributed by atoms with van der Waals surface area (Å²) in [5.74, 6) is -0.516. The van der Waals surface area contributed by atoms with Gasteiger partial charge in [0.05, 0.1) is 10.5 Å². The van der Waals surface area contributed by atoms with Crippen LogP contribution in [-0.4, -0.2) is 10.5 Å². The molecule has 0 fully saturated rings. The van der Waals surface area contributed by atoms with Crippen LogP contribution in [0.5, 0.6) is 0 Å². The quantitative estimate of drug-likeness (QED) is 0.883. The standard InChI is InChI=1S/C12H11ClN2O2/c1-2-15-10-4-3-7(12(14)17)5-8(10)9(13)6-11(15)16/h3-6H,2H2,1H3,(H2,14,17). The minimum Gasteiger partial charge on any atom is -0.366 e. The molecule has 5 heteroatoms. The first-order chi connectivity index (χ1) is 8.04. The summed E-state index contributed by atoms with van der Waals surface area (Å²) in [5, 5.41) is 0.988. The van der Waals surface area contributed by atoms with E-state index in [9.17, 15) is 9.59 Å². The van der Waals surface area contributed by atoms with Crippen molar-refractivity contribution in [1.29, 1.82) is 0 Å². The molecule has 0 unspecified atom stereocenters. The molecule has 1 aromatic carbocycles. The number of halogens is 1. The topological polar surface area (TPSA) is 65.1 Å². The molecule has 0 saturated heterocycles. The summed E-state index contributed by atoms with van der Waals surface area (Å²) in [5.41, 5.74) is 6.13. The molecule has 0 saturated carbocycles. The number of benzene rings is 1. The molecule has 1 aromatic heterocycles. The summed E-state index contributed by atoms with van der Waals surface area (Å²) < 4.78 is 1.59. The molecular weight excluding hydrogens is 240 g/mol. The van der Waals surface area contributed by atoms with Gasteiger partial charge in [-0.3, -0.25) is 9.59 Å². The first-order valence-corrected chi connectivity index (χ1v) is 5.55. The molecule has 0 atom stereocenters. The molecular formula is C12H11ClN2O2. The number of hydrogen-bond donors (Lipinski definition) is 1. The number of aromatic nitrogens is 1. The zero-order chi connectivity index (χ0) is 12.6. The van der Waals surface area contributed by atoms with E-state index < -0.39 is 5.91 Å². The van der Waals surface area contributed by atoms with Crippen molar-refractivity contribution in [2.45, 2.75) is 13.5 Å². The predicted molar refractivity (Wildman–Crippen MR) is 67.4 cm³/mol. The maximum Gasteiger partial charge on any atom is 0.252 e. The maximum absolute atomic E-state index is 11.7. The van der Waals surface area contributed by atoms with Crippen molar-refractivity contribution in [3.05, 3.63) is 45.2 Å². The van der Waals surface area contributed by atoms with Crippen LogP contribution >= 0.6 is 11.6 Å². The summed E-state index contributed by atoms with van der Waals surface area (Å²) in [6.07, 6.45) is 0. The van der Waals surface area contributed by atoms with E-state index in [2.05, 4.69) is 0 Å². The van der Waals surface area contributed by atoms with Crippen molar-refractivity contribution >= 4 is 28.4 Å². The van der Waals surface area contributed by atoms with Crippen molar-refractivity contribution in [3.63, 3.8) is 0 Å². The number of primary amides is 1. The lowest BCUT2D eigenvalue weighted by atomic mass is 10.1. The highest BCUT2D eigenvalue weighted by atomic mass is 35.5.